The van der Waals surface area contributed by atoms with E-state index in [0.717, 1.165) is 66.7 Å². The van der Waals surface area contributed by atoms with Crippen LogP contribution in [-0.4, -0.2) is 44.0 Å². The van der Waals surface area contributed by atoms with Gasteiger partial charge in [0.25, 0.3) is 5.56 Å². The molecule has 0 fully saturated rings. The van der Waals surface area contributed by atoms with Crippen molar-refractivity contribution in [1.29, 1.82) is 0 Å². The number of likely N-dealkylation sites (N-methyl/N-ethyl adjacent to an activating group) is 1. The Morgan fingerprint density at radius 1 is 1.09 bits per heavy atom. The number of nitrogens with zero attached hydrogens (tertiary/aromatic N) is 5. The predicted octanol–water partition coefficient (Wildman–Crippen LogP) is 4.88. The maximum atomic E-state index is 13.1. The summed E-state index contributed by atoms with van der Waals surface area (Å²) in [6.45, 7) is 7.28. The van der Waals surface area contributed by atoms with Crippen molar-refractivity contribution in [2.45, 2.75) is 39.7 Å². The molecule has 3 heterocycles. The average Bonchev–Trinajstić information content (AvgIpc) is 3.37. The second kappa shape index (κ2) is 9.11. The summed E-state index contributed by atoms with van der Waals surface area (Å²) in [5.74, 6) is 0. The van der Waals surface area contributed by atoms with Gasteiger partial charge >= 0.3 is 0 Å². The summed E-state index contributed by atoms with van der Waals surface area (Å²) in [7, 11) is 4.24. The Labute approximate surface area is 200 Å². The molecule has 34 heavy (non-hydrogen) atoms. The molecule has 176 valence electrons. The molecule has 0 radical (unpaired) electrons. The fourth-order valence-corrected chi connectivity index (χ4v) is 5.05. The molecule has 0 spiro atoms. The highest BCUT2D eigenvalue weighted by atomic mass is 16.1. The molecule has 0 saturated carbocycles. The number of benzene rings is 1. The smallest absolute Gasteiger partial charge is 0.255 e. The van der Waals surface area contributed by atoms with Gasteiger partial charge in [0.15, 0.2) is 0 Å². The summed E-state index contributed by atoms with van der Waals surface area (Å²) in [4.78, 5) is 15.4. The van der Waals surface area contributed by atoms with Crippen LogP contribution in [0.25, 0.3) is 33.9 Å². The third-order valence-corrected chi connectivity index (χ3v) is 6.97. The molecule has 0 saturated heterocycles. The minimum absolute atomic E-state index is 0.0312. The zero-order valence-electron chi connectivity index (χ0n) is 20.6. The number of allylic oxidation sites excluding steroid dienone is 1. The van der Waals surface area contributed by atoms with Gasteiger partial charge in [0, 0.05) is 53.9 Å². The second-order valence-electron chi connectivity index (χ2n) is 9.52. The molecule has 0 atom stereocenters. The van der Waals surface area contributed by atoms with Gasteiger partial charge in [-0.25, -0.2) is 0 Å². The van der Waals surface area contributed by atoms with Crippen molar-refractivity contribution in [1.82, 2.24) is 23.8 Å². The van der Waals surface area contributed by atoms with Crippen LogP contribution in [0.4, 0.5) is 0 Å². The molecule has 1 aliphatic carbocycles. The summed E-state index contributed by atoms with van der Waals surface area (Å²) >= 11 is 0. The van der Waals surface area contributed by atoms with Gasteiger partial charge in [0.1, 0.15) is 0 Å². The molecule has 1 aliphatic rings. The van der Waals surface area contributed by atoms with Crippen molar-refractivity contribution < 1.29 is 0 Å². The lowest BCUT2D eigenvalue weighted by Gasteiger charge is -2.15. The van der Waals surface area contributed by atoms with Crippen LogP contribution in [0.5, 0.6) is 0 Å². The minimum Gasteiger partial charge on any atom is -0.347 e. The van der Waals surface area contributed by atoms with Gasteiger partial charge in [-0.05, 0) is 75.7 Å². The molecule has 5 rings (SSSR count). The lowest BCUT2D eigenvalue weighted by atomic mass is 9.99. The van der Waals surface area contributed by atoms with E-state index < -0.39 is 0 Å². The van der Waals surface area contributed by atoms with Crippen molar-refractivity contribution in [3.8, 4) is 16.9 Å². The van der Waals surface area contributed by atoms with E-state index in [9.17, 15) is 4.79 Å². The van der Waals surface area contributed by atoms with Gasteiger partial charge < -0.3 is 9.47 Å². The van der Waals surface area contributed by atoms with E-state index >= 15 is 0 Å². The SMILES string of the molecule is CCCN(C)CCn1ncc2cc(-n3ccc(-c4cc5c(n4C)CCC(C)=C5)cc3=O)ccc21. The van der Waals surface area contributed by atoms with Crippen LogP contribution in [0, 0.1) is 0 Å². The Hall–Kier alpha value is -3.38. The summed E-state index contributed by atoms with van der Waals surface area (Å²) in [6.07, 6.45) is 9.34. The second-order valence-corrected chi connectivity index (χ2v) is 9.52. The van der Waals surface area contributed by atoms with Crippen LogP contribution >= 0.6 is 0 Å². The average molecular weight is 456 g/mol. The molecule has 0 bridgehead atoms. The van der Waals surface area contributed by atoms with E-state index in [1.807, 2.05) is 35.3 Å². The normalized spacial score (nSPS) is 13.5. The van der Waals surface area contributed by atoms with Crippen molar-refractivity contribution in [2.75, 3.05) is 20.1 Å². The highest BCUT2D eigenvalue weighted by Crippen LogP contribution is 2.31. The van der Waals surface area contributed by atoms with Crippen LogP contribution in [-0.2, 0) is 20.0 Å². The standard InChI is InChI=1S/C28H33N5O/c1-5-11-30(3)13-14-33-26-9-7-24(16-23(26)19-29-33)32-12-10-21(18-28(32)34)27-17-22-15-20(2)6-8-25(22)31(27)4/h7,9-10,12,15-19H,5-6,8,11,13-14H2,1-4H3. The zero-order chi connectivity index (χ0) is 23.8. The first kappa shape index (κ1) is 22.4. The van der Waals surface area contributed by atoms with Crippen molar-refractivity contribution in [3.05, 3.63) is 76.0 Å². The molecule has 6 heteroatoms. The van der Waals surface area contributed by atoms with Gasteiger partial charge in [-0.15, -0.1) is 0 Å². The van der Waals surface area contributed by atoms with Crippen molar-refractivity contribution in [2.24, 2.45) is 7.05 Å². The number of aromatic nitrogens is 4. The third-order valence-electron chi connectivity index (χ3n) is 6.97. The first-order valence-electron chi connectivity index (χ1n) is 12.2. The Kier molecular flexibility index (Phi) is 6.00. The lowest BCUT2D eigenvalue weighted by molar-refractivity contribution is 0.315. The monoisotopic (exact) mass is 455 g/mol. The highest BCUT2D eigenvalue weighted by molar-refractivity contribution is 5.81. The molecule has 0 unspecified atom stereocenters. The molecule has 0 amide bonds. The molecule has 1 aromatic carbocycles. The third kappa shape index (κ3) is 4.14. The summed E-state index contributed by atoms with van der Waals surface area (Å²) in [5, 5.41) is 5.63. The molecular weight excluding hydrogens is 422 g/mol. The van der Waals surface area contributed by atoms with Crippen LogP contribution in [0.15, 0.2) is 59.2 Å². The van der Waals surface area contributed by atoms with Crippen molar-refractivity contribution >= 4 is 17.0 Å². The van der Waals surface area contributed by atoms with Gasteiger partial charge in [0.2, 0.25) is 0 Å². The lowest BCUT2D eigenvalue weighted by Crippen LogP contribution is -2.24. The number of pyridine rings is 1. The zero-order valence-corrected chi connectivity index (χ0v) is 20.6. The first-order valence-corrected chi connectivity index (χ1v) is 12.2. The van der Waals surface area contributed by atoms with Gasteiger partial charge in [0.05, 0.1) is 18.3 Å². The number of fused-ring (bicyclic) bond motifs is 2. The molecule has 6 nitrogen and oxygen atoms in total. The van der Waals surface area contributed by atoms with Gasteiger partial charge in [-0.1, -0.05) is 18.6 Å². The number of hydrogen-bond acceptors (Lipinski definition) is 3. The maximum absolute atomic E-state index is 13.1. The Balaban J connectivity index is 1.42. The fraction of sp³-hybridized carbons (Fsp3) is 0.357. The van der Waals surface area contributed by atoms with E-state index in [1.165, 1.54) is 16.8 Å². The largest absolute Gasteiger partial charge is 0.347 e. The van der Waals surface area contributed by atoms with Crippen LogP contribution in [0.3, 0.4) is 0 Å². The number of hydrogen-bond donors (Lipinski definition) is 0. The van der Waals surface area contributed by atoms with Crippen LogP contribution < -0.4 is 5.56 Å². The van der Waals surface area contributed by atoms with E-state index in [0.29, 0.717) is 0 Å². The molecule has 0 N–H and O–H groups in total. The van der Waals surface area contributed by atoms with Crippen LogP contribution in [0.2, 0.25) is 0 Å². The van der Waals surface area contributed by atoms with Gasteiger partial charge in [-0.2, -0.15) is 5.10 Å². The Bertz CT molecular complexity index is 1440. The fourth-order valence-electron chi connectivity index (χ4n) is 5.05. The number of rotatable bonds is 7. The quantitative estimate of drug-likeness (QED) is 0.399. The van der Waals surface area contributed by atoms with E-state index in [-0.39, 0.29) is 5.56 Å². The summed E-state index contributed by atoms with van der Waals surface area (Å²) in [6, 6.07) is 12.1. The molecule has 3 aromatic heterocycles. The minimum atomic E-state index is -0.0312. The first-order chi connectivity index (χ1) is 16.4. The van der Waals surface area contributed by atoms with Crippen LogP contribution in [0.1, 0.15) is 37.9 Å². The Morgan fingerprint density at radius 3 is 2.74 bits per heavy atom. The molecule has 0 aliphatic heterocycles. The maximum Gasteiger partial charge on any atom is 0.255 e. The Morgan fingerprint density at radius 2 is 1.94 bits per heavy atom. The van der Waals surface area contributed by atoms with E-state index in [2.05, 4.69) is 60.7 Å². The highest BCUT2D eigenvalue weighted by Gasteiger charge is 2.17. The summed E-state index contributed by atoms with van der Waals surface area (Å²) in [5.41, 5.74) is 7.98. The topological polar surface area (TPSA) is 48.0 Å². The molecular formula is C28H33N5O. The predicted molar refractivity (Wildman–Crippen MR) is 139 cm³/mol. The molecule has 4 aromatic rings. The summed E-state index contributed by atoms with van der Waals surface area (Å²) < 4.78 is 5.99. The van der Waals surface area contributed by atoms with E-state index in [1.54, 1.807) is 10.6 Å². The van der Waals surface area contributed by atoms with E-state index in [4.69, 9.17) is 0 Å². The van der Waals surface area contributed by atoms with Gasteiger partial charge in [-0.3, -0.25) is 14.0 Å². The van der Waals surface area contributed by atoms with Crippen molar-refractivity contribution in [3.63, 3.8) is 0 Å².